The van der Waals surface area contributed by atoms with Crippen molar-refractivity contribution in [2.45, 2.75) is 38.4 Å². The van der Waals surface area contributed by atoms with Crippen molar-refractivity contribution in [3.8, 4) is 0 Å². The molecule has 0 fully saturated rings. The van der Waals surface area contributed by atoms with Gasteiger partial charge in [0.2, 0.25) is 0 Å². The lowest BCUT2D eigenvalue weighted by Crippen LogP contribution is -2.44. The van der Waals surface area contributed by atoms with Crippen molar-refractivity contribution in [1.82, 2.24) is 10.6 Å². The predicted molar refractivity (Wildman–Crippen MR) is 53.5 cm³/mol. The van der Waals surface area contributed by atoms with Gasteiger partial charge in [-0.2, -0.15) is 13.2 Å². The van der Waals surface area contributed by atoms with Crippen LogP contribution in [0.25, 0.3) is 0 Å². The molecule has 0 aliphatic carbocycles. The second-order valence-electron chi connectivity index (χ2n) is 3.53. The molecular weight excluding hydrogens is 241 g/mol. The monoisotopic (exact) mass is 256 g/mol. The van der Waals surface area contributed by atoms with Crippen molar-refractivity contribution >= 4 is 12.0 Å². The van der Waals surface area contributed by atoms with Crippen LogP contribution < -0.4 is 10.6 Å². The van der Waals surface area contributed by atoms with Crippen LogP contribution in [0.3, 0.4) is 0 Å². The smallest absolute Gasteiger partial charge is 0.389 e. The van der Waals surface area contributed by atoms with Crippen LogP contribution in [0.2, 0.25) is 0 Å². The highest BCUT2D eigenvalue weighted by Crippen LogP contribution is 2.21. The normalized spacial score (nSPS) is 12.9. The van der Waals surface area contributed by atoms with Crippen LogP contribution in [0.5, 0.6) is 0 Å². The molecule has 5 nitrogen and oxygen atoms in total. The molecule has 0 aromatic heterocycles. The zero-order valence-corrected chi connectivity index (χ0v) is 9.30. The number of unbranched alkanes of at least 4 members (excludes halogenated alkanes) is 1. The maximum absolute atomic E-state index is 11.7. The van der Waals surface area contributed by atoms with Gasteiger partial charge in [-0.1, -0.05) is 0 Å². The van der Waals surface area contributed by atoms with E-state index in [1.54, 1.807) is 0 Å². The summed E-state index contributed by atoms with van der Waals surface area (Å²) in [4.78, 5) is 21.4. The van der Waals surface area contributed by atoms with Crippen molar-refractivity contribution in [1.29, 1.82) is 0 Å². The molecule has 3 N–H and O–H groups in total. The van der Waals surface area contributed by atoms with E-state index < -0.39 is 30.6 Å². The van der Waals surface area contributed by atoms with Gasteiger partial charge in [0.1, 0.15) is 6.04 Å². The molecule has 0 rings (SSSR count). The third-order valence-corrected chi connectivity index (χ3v) is 1.89. The number of aliphatic carboxylic acids is 1. The van der Waals surface area contributed by atoms with Gasteiger partial charge in [-0.05, 0) is 19.8 Å². The second kappa shape index (κ2) is 6.97. The number of hydrogen-bond acceptors (Lipinski definition) is 2. The van der Waals surface area contributed by atoms with Gasteiger partial charge < -0.3 is 15.7 Å². The van der Waals surface area contributed by atoms with E-state index in [0.29, 0.717) is 0 Å². The van der Waals surface area contributed by atoms with Crippen molar-refractivity contribution in [2.75, 3.05) is 6.54 Å². The average Bonchev–Trinajstić information content (AvgIpc) is 2.15. The molecule has 0 spiro atoms. The van der Waals surface area contributed by atoms with Crippen molar-refractivity contribution in [3.63, 3.8) is 0 Å². The van der Waals surface area contributed by atoms with E-state index in [9.17, 15) is 22.8 Å². The molecule has 8 heteroatoms. The van der Waals surface area contributed by atoms with Crippen LogP contribution >= 0.6 is 0 Å². The molecular formula is C9H15F3N2O3. The number of carboxylic acids is 1. The lowest BCUT2D eigenvalue weighted by Gasteiger charge is -2.10. The number of amides is 2. The summed E-state index contributed by atoms with van der Waals surface area (Å²) >= 11 is 0. The zero-order valence-electron chi connectivity index (χ0n) is 9.30. The van der Waals surface area contributed by atoms with E-state index in [2.05, 4.69) is 10.6 Å². The van der Waals surface area contributed by atoms with Gasteiger partial charge in [-0.15, -0.1) is 0 Å². The first-order valence-electron chi connectivity index (χ1n) is 5.06. The Kier molecular flexibility index (Phi) is 6.37. The number of carbonyl (C=O) groups is 2. The number of halogens is 3. The Morgan fingerprint density at radius 1 is 1.29 bits per heavy atom. The number of rotatable bonds is 6. The van der Waals surface area contributed by atoms with E-state index in [1.807, 2.05) is 0 Å². The van der Waals surface area contributed by atoms with Crippen LogP contribution in [0.4, 0.5) is 18.0 Å². The molecule has 0 aliphatic rings. The molecule has 0 heterocycles. The summed E-state index contributed by atoms with van der Waals surface area (Å²) in [6.07, 6.45) is -4.95. The minimum absolute atomic E-state index is 0.0712. The zero-order chi connectivity index (χ0) is 13.5. The third kappa shape index (κ3) is 9.46. The molecule has 0 saturated heterocycles. The van der Waals surface area contributed by atoms with Gasteiger partial charge in [0.15, 0.2) is 0 Å². The van der Waals surface area contributed by atoms with Gasteiger partial charge in [-0.3, -0.25) is 4.79 Å². The van der Waals surface area contributed by atoms with E-state index in [0.717, 1.165) is 0 Å². The average molecular weight is 256 g/mol. The Labute approximate surface area is 96.4 Å². The Bertz CT molecular complexity index is 269. The fourth-order valence-corrected chi connectivity index (χ4v) is 0.962. The number of alkyl halides is 3. The van der Waals surface area contributed by atoms with Gasteiger partial charge in [0, 0.05) is 13.0 Å². The second-order valence-corrected chi connectivity index (χ2v) is 3.53. The van der Waals surface area contributed by atoms with Crippen molar-refractivity contribution in [3.05, 3.63) is 0 Å². The van der Waals surface area contributed by atoms with Crippen LogP contribution in [0.1, 0.15) is 26.2 Å². The molecule has 100 valence electrons. The highest BCUT2D eigenvalue weighted by molar-refractivity contribution is 5.82. The van der Waals surface area contributed by atoms with Crippen LogP contribution in [0, 0.1) is 0 Å². The van der Waals surface area contributed by atoms with Gasteiger partial charge in [0.05, 0.1) is 0 Å². The van der Waals surface area contributed by atoms with Crippen LogP contribution in [-0.2, 0) is 4.79 Å². The maximum atomic E-state index is 11.7. The molecule has 0 radical (unpaired) electrons. The minimum atomic E-state index is -4.18. The summed E-state index contributed by atoms with van der Waals surface area (Å²) in [5.74, 6) is -1.18. The van der Waals surface area contributed by atoms with Crippen LogP contribution in [0.15, 0.2) is 0 Å². The summed E-state index contributed by atoms with van der Waals surface area (Å²) in [5, 5.41) is 12.9. The molecule has 0 bridgehead atoms. The van der Waals surface area contributed by atoms with Crippen molar-refractivity contribution in [2.24, 2.45) is 0 Å². The molecule has 2 amide bonds. The fraction of sp³-hybridized carbons (Fsp3) is 0.778. The topological polar surface area (TPSA) is 78.4 Å². The predicted octanol–water partition coefficient (Wildman–Crippen LogP) is 1.49. The minimum Gasteiger partial charge on any atom is -0.480 e. The molecule has 0 aromatic carbocycles. The van der Waals surface area contributed by atoms with Gasteiger partial charge in [0.25, 0.3) is 0 Å². The number of carboxylic acid groups (broad SMARTS) is 1. The maximum Gasteiger partial charge on any atom is 0.389 e. The Hall–Kier alpha value is -1.47. The van der Waals surface area contributed by atoms with Crippen LogP contribution in [-0.4, -0.2) is 35.9 Å². The molecule has 0 aromatic rings. The molecule has 0 aliphatic heterocycles. The lowest BCUT2D eigenvalue weighted by atomic mass is 10.2. The van der Waals surface area contributed by atoms with E-state index >= 15 is 0 Å². The summed E-state index contributed by atoms with van der Waals surface area (Å²) < 4.78 is 35.2. The molecule has 1 atom stereocenters. The summed E-state index contributed by atoms with van der Waals surface area (Å²) in [5.41, 5.74) is 0. The fourth-order valence-electron chi connectivity index (χ4n) is 0.962. The number of carbonyl (C=O) groups excluding carboxylic acids is 1. The summed E-state index contributed by atoms with van der Waals surface area (Å²) in [7, 11) is 0. The van der Waals surface area contributed by atoms with Gasteiger partial charge >= 0.3 is 18.2 Å². The number of urea groups is 1. The number of nitrogens with one attached hydrogen (secondary N) is 2. The third-order valence-electron chi connectivity index (χ3n) is 1.89. The van der Waals surface area contributed by atoms with E-state index in [4.69, 9.17) is 5.11 Å². The number of hydrogen-bond donors (Lipinski definition) is 3. The van der Waals surface area contributed by atoms with Gasteiger partial charge in [-0.25, -0.2) is 4.79 Å². The highest BCUT2D eigenvalue weighted by atomic mass is 19.4. The quantitative estimate of drug-likeness (QED) is 0.630. The lowest BCUT2D eigenvalue weighted by molar-refractivity contribution is -0.139. The SMILES string of the molecule is C[C@@H](NC(=O)NCCCCC(F)(F)F)C(=O)O. The highest BCUT2D eigenvalue weighted by Gasteiger charge is 2.25. The first kappa shape index (κ1) is 15.5. The Morgan fingerprint density at radius 2 is 1.88 bits per heavy atom. The summed E-state index contributed by atoms with van der Waals surface area (Å²) in [6.45, 7) is 1.36. The van der Waals surface area contributed by atoms with Crippen molar-refractivity contribution < 1.29 is 27.9 Å². The Morgan fingerprint density at radius 3 is 2.35 bits per heavy atom. The molecule has 0 saturated carbocycles. The molecule has 0 unspecified atom stereocenters. The largest absolute Gasteiger partial charge is 0.480 e. The first-order valence-corrected chi connectivity index (χ1v) is 5.06. The molecule has 17 heavy (non-hydrogen) atoms. The van der Waals surface area contributed by atoms with E-state index in [-0.39, 0.29) is 19.4 Å². The summed E-state index contributed by atoms with van der Waals surface area (Å²) in [6, 6.07) is -1.74. The standard InChI is InChI=1S/C9H15F3N2O3/c1-6(7(15)16)14-8(17)13-5-3-2-4-9(10,11)12/h6H,2-5H2,1H3,(H,15,16)(H2,13,14,17)/t6-/m1/s1. The first-order chi connectivity index (χ1) is 7.72. The Balaban J connectivity index is 3.56. The van der Waals surface area contributed by atoms with E-state index in [1.165, 1.54) is 6.92 Å².